The monoisotopic (exact) mass is 236 g/mol. The van der Waals surface area contributed by atoms with Crippen molar-refractivity contribution in [1.82, 2.24) is 0 Å². The standard InChI is InChI=1S/C15H24O2/c1-14(2)7-4-8-15(3)11-9-17-13(16)10(11)5-6-12(14)15/h6,10-11,13,16H,4-5,7-9H2,1-3H3/t10-,11+,13-,15+/m0/s1. The van der Waals surface area contributed by atoms with E-state index in [-0.39, 0.29) is 5.41 Å². The molecule has 2 nitrogen and oxygen atoms in total. The fourth-order valence-electron chi connectivity index (χ4n) is 4.67. The normalized spacial score (nSPS) is 48.2. The van der Waals surface area contributed by atoms with E-state index in [2.05, 4.69) is 26.8 Å². The third-order valence-electron chi connectivity index (χ3n) is 5.58. The van der Waals surface area contributed by atoms with Crippen LogP contribution >= 0.6 is 0 Å². The zero-order chi connectivity index (χ0) is 12.3. The molecule has 96 valence electrons. The van der Waals surface area contributed by atoms with Crippen LogP contribution < -0.4 is 0 Å². The van der Waals surface area contributed by atoms with E-state index in [1.165, 1.54) is 19.3 Å². The smallest absolute Gasteiger partial charge is 0.158 e. The van der Waals surface area contributed by atoms with Crippen molar-refractivity contribution in [2.45, 2.75) is 52.7 Å². The molecule has 0 aromatic carbocycles. The van der Waals surface area contributed by atoms with Crippen LogP contribution in [0.2, 0.25) is 0 Å². The Morgan fingerprint density at radius 2 is 2.06 bits per heavy atom. The number of rotatable bonds is 0. The third kappa shape index (κ3) is 1.53. The molecule has 0 unspecified atom stereocenters. The van der Waals surface area contributed by atoms with Crippen molar-refractivity contribution in [2.75, 3.05) is 6.61 Å². The van der Waals surface area contributed by atoms with Crippen molar-refractivity contribution in [3.8, 4) is 0 Å². The van der Waals surface area contributed by atoms with Crippen molar-refractivity contribution in [3.63, 3.8) is 0 Å². The van der Waals surface area contributed by atoms with E-state index in [0.717, 1.165) is 13.0 Å². The molecule has 4 atom stereocenters. The summed E-state index contributed by atoms with van der Waals surface area (Å²) >= 11 is 0. The van der Waals surface area contributed by atoms with Crippen molar-refractivity contribution in [2.24, 2.45) is 22.7 Å². The lowest BCUT2D eigenvalue weighted by Gasteiger charge is -2.52. The average Bonchev–Trinajstić information content (AvgIpc) is 2.60. The summed E-state index contributed by atoms with van der Waals surface area (Å²) in [6, 6.07) is 0. The quantitative estimate of drug-likeness (QED) is 0.655. The van der Waals surface area contributed by atoms with Gasteiger partial charge in [-0.15, -0.1) is 0 Å². The highest BCUT2D eigenvalue weighted by atomic mass is 16.6. The van der Waals surface area contributed by atoms with Crippen molar-refractivity contribution in [3.05, 3.63) is 11.6 Å². The Morgan fingerprint density at radius 1 is 1.29 bits per heavy atom. The van der Waals surface area contributed by atoms with Crippen molar-refractivity contribution >= 4 is 0 Å². The van der Waals surface area contributed by atoms with Gasteiger partial charge in [-0.2, -0.15) is 0 Å². The molecule has 0 bridgehead atoms. The van der Waals surface area contributed by atoms with Crippen LogP contribution in [-0.4, -0.2) is 18.0 Å². The van der Waals surface area contributed by atoms with E-state index < -0.39 is 6.29 Å². The van der Waals surface area contributed by atoms with E-state index >= 15 is 0 Å². The number of hydrogen-bond donors (Lipinski definition) is 1. The van der Waals surface area contributed by atoms with Gasteiger partial charge in [0, 0.05) is 5.92 Å². The Kier molecular flexibility index (Phi) is 2.47. The first kappa shape index (κ1) is 11.7. The number of ether oxygens (including phenoxy) is 1. The van der Waals surface area contributed by atoms with Gasteiger partial charge in [-0.25, -0.2) is 0 Å². The first-order valence-electron chi connectivity index (χ1n) is 6.96. The molecule has 0 amide bonds. The van der Waals surface area contributed by atoms with Gasteiger partial charge in [0.1, 0.15) is 0 Å². The number of fused-ring (bicyclic) bond motifs is 3. The Balaban J connectivity index is 2.02. The lowest BCUT2D eigenvalue weighted by atomic mass is 9.51. The Bertz CT molecular complexity index is 358. The van der Waals surface area contributed by atoms with E-state index in [0.29, 0.717) is 17.3 Å². The lowest BCUT2D eigenvalue weighted by Crippen LogP contribution is -2.45. The van der Waals surface area contributed by atoms with Gasteiger partial charge in [0.2, 0.25) is 0 Å². The maximum absolute atomic E-state index is 9.91. The minimum Gasteiger partial charge on any atom is -0.368 e. The van der Waals surface area contributed by atoms with E-state index in [4.69, 9.17) is 4.74 Å². The maximum Gasteiger partial charge on any atom is 0.158 e. The molecule has 1 heterocycles. The van der Waals surface area contributed by atoms with E-state index in [1.807, 2.05) is 0 Å². The maximum atomic E-state index is 9.91. The fraction of sp³-hybridized carbons (Fsp3) is 0.867. The van der Waals surface area contributed by atoms with Gasteiger partial charge in [-0.3, -0.25) is 0 Å². The summed E-state index contributed by atoms with van der Waals surface area (Å²) in [7, 11) is 0. The van der Waals surface area contributed by atoms with Crippen molar-refractivity contribution in [1.29, 1.82) is 0 Å². The molecule has 0 spiro atoms. The molecule has 1 N–H and O–H groups in total. The summed E-state index contributed by atoms with van der Waals surface area (Å²) in [5.74, 6) is 0.856. The van der Waals surface area contributed by atoms with Crippen LogP contribution in [0.25, 0.3) is 0 Å². The van der Waals surface area contributed by atoms with Gasteiger partial charge in [-0.05, 0) is 36.0 Å². The minimum atomic E-state index is -0.528. The molecule has 2 heteroatoms. The summed E-state index contributed by atoms with van der Waals surface area (Å²) in [6.07, 6.45) is 6.76. The predicted octanol–water partition coefficient (Wildman–Crippen LogP) is 3.11. The topological polar surface area (TPSA) is 29.5 Å². The second-order valence-corrected chi connectivity index (χ2v) is 7.00. The average molecular weight is 236 g/mol. The van der Waals surface area contributed by atoms with Gasteiger partial charge in [0.05, 0.1) is 6.61 Å². The van der Waals surface area contributed by atoms with Gasteiger partial charge in [0.15, 0.2) is 6.29 Å². The van der Waals surface area contributed by atoms with Crippen LogP contribution in [0, 0.1) is 22.7 Å². The summed E-state index contributed by atoms with van der Waals surface area (Å²) in [5.41, 5.74) is 2.24. The van der Waals surface area contributed by atoms with Gasteiger partial charge >= 0.3 is 0 Å². The Morgan fingerprint density at radius 3 is 2.82 bits per heavy atom. The van der Waals surface area contributed by atoms with Crippen LogP contribution in [0.1, 0.15) is 46.5 Å². The summed E-state index contributed by atoms with van der Waals surface area (Å²) < 4.78 is 5.50. The molecule has 1 saturated heterocycles. The minimum absolute atomic E-state index is 0.266. The van der Waals surface area contributed by atoms with Crippen LogP contribution in [0.4, 0.5) is 0 Å². The molecule has 0 aromatic rings. The molecule has 17 heavy (non-hydrogen) atoms. The Hall–Kier alpha value is -0.340. The lowest BCUT2D eigenvalue weighted by molar-refractivity contribution is -0.0824. The largest absolute Gasteiger partial charge is 0.368 e. The molecule has 2 aliphatic carbocycles. The summed E-state index contributed by atoms with van der Waals surface area (Å²) in [4.78, 5) is 0. The van der Waals surface area contributed by atoms with E-state index in [9.17, 15) is 5.11 Å². The molecule has 1 aliphatic heterocycles. The van der Waals surface area contributed by atoms with Crippen molar-refractivity contribution < 1.29 is 9.84 Å². The number of aliphatic hydroxyl groups is 1. The first-order valence-corrected chi connectivity index (χ1v) is 6.96. The summed E-state index contributed by atoms with van der Waals surface area (Å²) in [6.45, 7) is 7.90. The number of allylic oxidation sites excluding steroid dienone is 2. The van der Waals surface area contributed by atoms with Gasteiger partial charge in [0.25, 0.3) is 0 Å². The number of aliphatic hydroxyl groups excluding tert-OH is 1. The van der Waals surface area contributed by atoms with Gasteiger partial charge < -0.3 is 9.84 Å². The second kappa shape index (κ2) is 3.58. The fourth-order valence-corrected chi connectivity index (χ4v) is 4.67. The van der Waals surface area contributed by atoms with Crippen LogP contribution in [0.5, 0.6) is 0 Å². The predicted molar refractivity (Wildman–Crippen MR) is 67.4 cm³/mol. The molecular weight excluding hydrogens is 212 g/mol. The van der Waals surface area contributed by atoms with Crippen LogP contribution in [0.15, 0.2) is 11.6 Å². The highest BCUT2D eigenvalue weighted by molar-refractivity contribution is 5.28. The van der Waals surface area contributed by atoms with Crippen LogP contribution in [-0.2, 0) is 4.74 Å². The first-order chi connectivity index (χ1) is 7.95. The van der Waals surface area contributed by atoms with E-state index in [1.54, 1.807) is 5.57 Å². The summed E-state index contributed by atoms with van der Waals surface area (Å²) in [5, 5.41) is 9.91. The molecule has 2 fully saturated rings. The highest BCUT2D eigenvalue weighted by Gasteiger charge is 2.54. The molecule has 3 aliphatic rings. The second-order valence-electron chi connectivity index (χ2n) is 7.00. The van der Waals surface area contributed by atoms with Crippen LogP contribution in [0.3, 0.4) is 0 Å². The molecule has 1 saturated carbocycles. The molecule has 0 aromatic heterocycles. The zero-order valence-corrected chi connectivity index (χ0v) is 11.2. The highest BCUT2D eigenvalue weighted by Crippen LogP contribution is 2.60. The third-order valence-corrected chi connectivity index (χ3v) is 5.58. The molecule has 0 radical (unpaired) electrons. The SMILES string of the molecule is CC1(C)CCC[C@@]2(C)C1=CC[C@H]1[C@H]2CO[C@@H]1O. The Labute approximate surface area is 104 Å². The zero-order valence-electron chi connectivity index (χ0n) is 11.2. The number of hydrogen-bond acceptors (Lipinski definition) is 2. The molecular formula is C15H24O2. The van der Waals surface area contributed by atoms with Gasteiger partial charge in [-0.1, -0.05) is 38.8 Å². The molecule has 3 rings (SSSR count).